The third-order valence-corrected chi connectivity index (χ3v) is 6.15. The van der Waals surface area contributed by atoms with Gasteiger partial charge in [0.2, 0.25) is 0 Å². The highest BCUT2D eigenvalue weighted by Crippen LogP contribution is 2.33. The van der Waals surface area contributed by atoms with Crippen molar-refractivity contribution >= 4 is 44.6 Å². The van der Waals surface area contributed by atoms with Gasteiger partial charge in [0.05, 0.1) is 10.6 Å². The first kappa shape index (κ1) is 20.4. The topological polar surface area (TPSA) is 61.4 Å². The normalized spacial score (nSPS) is 14.5. The van der Waals surface area contributed by atoms with Gasteiger partial charge in [0, 0.05) is 42.6 Å². The van der Waals surface area contributed by atoms with E-state index >= 15 is 0 Å². The molecule has 28 heavy (non-hydrogen) atoms. The molecule has 2 N–H and O–H groups in total. The van der Waals surface area contributed by atoms with Gasteiger partial charge in [-0.3, -0.25) is 4.72 Å². The van der Waals surface area contributed by atoms with Crippen molar-refractivity contribution in [2.75, 3.05) is 35.8 Å². The molecule has 1 aliphatic heterocycles. The Morgan fingerprint density at radius 2 is 1.54 bits per heavy atom. The molecular formula is C20H21ClFN3O2S. The average molecular weight is 422 g/mol. The quantitative estimate of drug-likeness (QED) is 0.675. The molecule has 0 saturated carbocycles. The Morgan fingerprint density at radius 3 is 2.25 bits per heavy atom. The van der Waals surface area contributed by atoms with E-state index in [1.54, 1.807) is 18.2 Å². The number of halogens is 2. The molecule has 0 amide bonds. The van der Waals surface area contributed by atoms with Gasteiger partial charge >= 0.3 is 0 Å². The Hall–Kier alpha value is -2.35. The number of para-hydroxylation sites is 1. The molecule has 1 heterocycles. The fraction of sp³-hybridized carbons (Fsp3) is 0.200. The summed E-state index contributed by atoms with van der Waals surface area (Å²) in [6.45, 7) is 3.51. The maximum absolute atomic E-state index is 13.9. The summed E-state index contributed by atoms with van der Waals surface area (Å²) in [5, 5.41) is 4.81. The highest BCUT2D eigenvalue weighted by atomic mass is 35.5. The van der Waals surface area contributed by atoms with Crippen LogP contribution in [0.15, 0.2) is 65.6 Å². The van der Waals surface area contributed by atoms with Crippen molar-refractivity contribution in [2.45, 2.75) is 4.90 Å². The van der Waals surface area contributed by atoms with Crippen LogP contribution in [0.5, 0.6) is 0 Å². The zero-order chi connectivity index (χ0) is 18.9. The van der Waals surface area contributed by atoms with Crippen LogP contribution in [0.4, 0.5) is 15.8 Å². The predicted octanol–water partition coefficient (Wildman–Crippen LogP) is 3.61. The third-order valence-electron chi connectivity index (χ3n) is 4.73. The number of nitrogens with one attached hydrogen (secondary N) is 2. The van der Waals surface area contributed by atoms with Crippen LogP contribution in [0.25, 0.3) is 10.8 Å². The minimum absolute atomic E-state index is 0. The Labute approximate surface area is 170 Å². The van der Waals surface area contributed by atoms with E-state index in [-0.39, 0.29) is 23.0 Å². The van der Waals surface area contributed by atoms with Gasteiger partial charge in [-0.2, -0.15) is 0 Å². The molecule has 1 fully saturated rings. The van der Waals surface area contributed by atoms with E-state index in [1.807, 2.05) is 24.3 Å². The standard InChI is InChI=1S/C20H20FN3O2S.ClH/c21-17-7-3-4-8-18(17)23-27(25,26)20-10-9-19(24-13-11-22-12-14-24)15-5-1-2-6-16(15)20;/h1-10,22-23H,11-14H2;1H. The first-order chi connectivity index (χ1) is 13.1. The Balaban J connectivity index is 0.00000225. The van der Waals surface area contributed by atoms with Crippen molar-refractivity contribution in [1.29, 1.82) is 0 Å². The fourth-order valence-corrected chi connectivity index (χ4v) is 4.69. The molecule has 0 bridgehead atoms. The van der Waals surface area contributed by atoms with E-state index in [9.17, 15) is 12.8 Å². The number of fused-ring (bicyclic) bond motifs is 1. The zero-order valence-electron chi connectivity index (χ0n) is 15.1. The molecule has 0 radical (unpaired) electrons. The maximum Gasteiger partial charge on any atom is 0.262 e. The van der Waals surface area contributed by atoms with Gasteiger partial charge in [-0.1, -0.05) is 36.4 Å². The molecular weight excluding hydrogens is 401 g/mol. The van der Waals surface area contributed by atoms with Crippen LogP contribution < -0.4 is 14.9 Å². The van der Waals surface area contributed by atoms with E-state index < -0.39 is 15.8 Å². The molecule has 3 aromatic rings. The van der Waals surface area contributed by atoms with Gasteiger partial charge in [-0.05, 0) is 24.3 Å². The molecule has 0 unspecified atom stereocenters. The molecule has 0 aromatic heterocycles. The van der Waals surface area contributed by atoms with E-state index in [2.05, 4.69) is 14.9 Å². The molecule has 1 aliphatic rings. The van der Waals surface area contributed by atoms with Gasteiger partial charge in [0.1, 0.15) is 5.82 Å². The van der Waals surface area contributed by atoms with Crippen LogP contribution in [-0.4, -0.2) is 34.6 Å². The van der Waals surface area contributed by atoms with Crippen molar-refractivity contribution in [1.82, 2.24) is 5.32 Å². The largest absolute Gasteiger partial charge is 0.368 e. The minimum atomic E-state index is -3.93. The molecule has 0 aliphatic carbocycles. The lowest BCUT2D eigenvalue weighted by atomic mass is 10.1. The average Bonchev–Trinajstić information content (AvgIpc) is 2.69. The van der Waals surface area contributed by atoms with E-state index in [4.69, 9.17) is 0 Å². The summed E-state index contributed by atoms with van der Waals surface area (Å²) in [6.07, 6.45) is 0. The predicted molar refractivity (Wildman–Crippen MR) is 113 cm³/mol. The molecule has 1 saturated heterocycles. The van der Waals surface area contributed by atoms with Gasteiger partial charge < -0.3 is 10.2 Å². The Morgan fingerprint density at radius 1 is 0.893 bits per heavy atom. The van der Waals surface area contributed by atoms with Crippen molar-refractivity contribution in [2.24, 2.45) is 0 Å². The van der Waals surface area contributed by atoms with Gasteiger partial charge in [-0.25, -0.2) is 12.8 Å². The Kier molecular flexibility index (Phi) is 6.07. The van der Waals surface area contributed by atoms with E-state index in [1.165, 1.54) is 18.2 Å². The molecule has 0 atom stereocenters. The summed E-state index contributed by atoms with van der Waals surface area (Å²) in [7, 11) is -3.93. The van der Waals surface area contributed by atoms with Crippen LogP contribution in [0, 0.1) is 5.82 Å². The number of hydrogen-bond acceptors (Lipinski definition) is 4. The van der Waals surface area contributed by atoms with Crippen LogP contribution in [0.1, 0.15) is 0 Å². The number of nitrogens with zero attached hydrogens (tertiary/aromatic N) is 1. The maximum atomic E-state index is 13.9. The Bertz CT molecular complexity index is 1090. The number of piperazine rings is 1. The molecule has 8 heteroatoms. The summed E-state index contributed by atoms with van der Waals surface area (Å²) in [5.41, 5.74) is 0.949. The monoisotopic (exact) mass is 421 g/mol. The lowest BCUT2D eigenvalue weighted by Gasteiger charge is -2.30. The highest BCUT2D eigenvalue weighted by molar-refractivity contribution is 7.93. The molecule has 0 spiro atoms. The number of hydrogen-bond donors (Lipinski definition) is 2. The smallest absolute Gasteiger partial charge is 0.262 e. The van der Waals surface area contributed by atoms with Crippen molar-refractivity contribution < 1.29 is 12.8 Å². The van der Waals surface area contributed by atoms with Crippen molar-refractivity contribution in [3.8, 4) is 0 Å². The van der Waals surface area contributed by atoms with Crippen LogP contribution in [-0.2, 0) is 10.0 Å². The molecule has 4 rings (SSSR count). The summed E-state index contributed by atoms with van der Waals surface area (Å²) in [6, 6.07) is 16.6. The lowest BCUT2D eigenvalue weighted by molar-refractivity contribution is 0.590. The van der Waals surface area contributed by atoms with Crippen LogP contribution in [0.3, 0.4) is 0 Å². The first-order valence-electron chi connectivity index (χ1n) is 8.81. The van der Waals surface area contributed by atoms with Gasteiger partial charge in [0.15, 0.2) is 0 Å². The second-order valence-corrected chi connectivity index (χ2v) is 8.10. The fourth-order valence-electron chi connectivity index (χ4n) is 3.42. The van der Waals surface area contributed by atoms with Gasteiger partial charge in [0.25, 0.3) is 10.0 Å². The SMILES string of the molecule is Cl.O=S(=O)(Nc1ccccc1F)c1ccc(N2CCNCC2)c2ccccc12. The number of sulfonamides is 1. The number of anilines is 2. The zero-order valence-corrected chi connectivity index (χ0v) is 16.7. The summed E-state index contributed by atoms with van der Waals surface area (Å²) >= 11 is 0. The number of benzene rings is 3. The van der Waals surface area contributed by atoms with Crippen molar-refractivity contribution in [3.63, 3.8) is 0 Å². The molecule has 3 aromatic carbocycles. The summed E-state index contributed by atoms with van der Waals surface area (Å²) in [5.74, 6) is -0.609. The second kappa shape index (κ2) is 8.34. The third kappa shape index (κ3) is 3.92. The van der Waals surface area contributed by atoms with Crippen molar-refractivity contribution in [3.05, 3.63) is 66.5 Å². The van der Waals surface area contributed by atoms with Crippen LogP contribution >= 0.6 is 12.4 Å². The van der Waals surface area contributed by atoms with Gasteiger partial charge in [-0.15, -0.1) is 12.4 Å². The molecule has 148 valence electrons. The van der Waals surface area contributed by atoms with Crippen LogP contribution in [0.2, 0.25) is 0 Å². The van der Waals surface area contributed by atoms with E-state index in [0.717, 1.165) is 37.3 Å². The second-order valence-electron chi connectivity index (χ2n) is 6.45. The first-order valence-corrected chi connectivity index (χ1v) is 10.3. The minimum Gasteiger partial charge on any atom is -0.368 e. The molecule has 5 nitrogen and oxygen atoms in total. The summed E-state index contributed by atoms with van der Waals surface area (Å²) < 4.78 is 42.2. The highest BCUT2D eigenvalue weighted by Gasteiger charge is 2.22. The van der Waals surface area contributed by atoms with E-state index in [0.29, 0.717) is 5.39 Å². The lowest BCUT2D eigenvalue weighted by Crippen LogP contribution is -2.43. The number of rotatable bonds is 4. The summed E-state index contributed by atoms with van der Waals surface area (Å²) in [4.78, 5) is 2.39.